The number of amides is 2. The van der Waals surface area contributed by atoms with Crippen LogP contribution in [0.15, 0.2) is 72.8 Å². The van der Waals surface area contributed by atoms with Gasteiger partial charge in [-0.2, -0.15) is 0 Å². The fourth-order valence-corrected chi connectivity index (χ4v) is 4.04. The quantitative estimate of drug-likeness (QED) is 0.0782. The summed E-state index contributed by atoms with van der Waals surface area (Å²) in [6, 6.07) is 18.2. The summed E-state index contributed by atoms with van der Waals surface area (Å²) in [5.41, 5.74) is 7.05. The molecule has 0 aromatic heterocycles. The first kappa shape index (κ1) is 35.7. The van der Waals surface area contributed by atoms with Gasteiger partial charge in [0.05, 0.1) is 13.7 Å². The van der Waals surface area contributed by atoms with E-state index in [9.17, 15) is 19.2 Å². The van der Waals surface area contributed by atoms with Gasteiger partial charge in [0.2, 0.25) is 5.91 Å². The molecule has 3 rings (SSSR count). The number of amidine groups is 1. The average molecular weight is 650 g/mol. The summed E-state index contributed by atoms with van der Waals surface area (Å²) in [7, 11) is 1.46. The van der Waals surface area contributed by atoms with Crippen LogP contribution in [0.2, 0.25) is 0 Å². The van der Waals surface area contributed by atoms with E-state index in [1.807, 2.05) is 30.3 Å². The molecule has 6 N–H and O–H groups in total. The van der Waals surface area contributed by atoms with Crippen LogP contribution in [0.4, 0.5) is 10.5 Å². The van der Waals surface area contributed by atoms with Gasteiger partial charge in [0.1, 0.15) is 30.1 Å². The number of rotatable bonds is 13. The van der Waals surface area contributed by atoms with Crippen molar-refractivity contribution in [2.24, 2.45) is 5.73 Å². The molecule has 2 atom stereocenters. The molecule has 0 bridgehead atoms. The lowest BCUT2D eigenvalue weighted by Crippen LogP contribution is -2.51. The summed E-state index contributed by atoms with van der Waals surface area (Å²) < 4.78 is 16.7. The van der Waals surface area contributed by atoms with Crippen LogP contribution in [0.1, 0.15) is 50.4 Å². The fourth-order valence-electron chi connectivity index (χ4n) is 4.04. The molecular formula is C33H39N5O9. The monoisotopic (exact) mass is 649 g/mol. The molecule has 2 amide bonds. The minimum atomic E-state index is -1.51. The van der Waals surface area contributed by atoms with Gasteiger partial charge in [0.15, 0.2) is 11.5 Å². The number of nitrogens with one attached hydrogen (secondary N) is 4. The Morgan fingerprint density at radius 2 is 1.60 bits per heavy atom. The zero-order valence-electron chi connectivity index (χ0n) is 26.7. The van der Waals surface area contributed by atoms with Crippen molar-refractivity contribution in [3.8, 4) is 11.5 Å². The van der Waals surface area contributed by atoms with Crippen LogP contribution in [-0.4, -0.2) is 55.1 Å². The minimum absolute atomic E-state index is 0.131. The zero-order chi connectivity index (χ0) is 34.6. The summed E-state index contributed by atoms with van der Waals surface area (Å²) >= 11 is 0. The average Bonchev–Trinajstić information content (AvgIpc) is 3.03. The molecule has 0 aliphatic heterocycles. The van der Waals surface area contributed by atoms with Crippen LogP contribution in [0.25, 0.3) is 0 Å². The van der Waals surface area contributed by atoms with E-state index in [-0.39, 0.29) is 12.4 Å². The maximum absolute atomic E-state index is 13.9. The second kappa shape index (κ2) is 16.5. The molecular weight excluding hydrogens is 610 g/mol. The number of hydrogen-bond acceptors (Lipinski definition) is 11. The Kier molecular flexibility index (Phi) is 12.5. The zero-order valence-corrected chi connectivity index (χ0v) is 26.7. The molecule has 0 spiro atoms. The minimum Gasteiger partial charge on any atom is -0.493 e. The molecule has 0 fully saturated rings. The van der Waals surface area contributed by atoms with E-state index in [0.717, 1.165) is 12.5 Å². The highest BCUT2D eigenvalue weighted by atomic mass is 17.2. The number of ether oxygens (including phenoxy) is 3. The highest BCUT2D eigenvalue weighted by molar-refractivity contribution is 5.95. The van der Waals surface area contributed by atoms with E-state index in [4.69, 9.17) is 25.4 Å². The van der Waals surface area contributed by atoms with Crippen LogP contribution in [-0.2, 0) is 35.5 Å². The van der Waals surface area contributed by atoms with Gasteiger partial charge in [-0.05, 0) is 68.3 Å². The molecule has 47 heavy (non-hydrogen) atoms. The second-order valence-electron chi connectivity index (χ2n) is 11.2. The number of alkyl carbamates (subject to hydrolysis) is 1. The van der Waals surface area contributed by atoms with E-state index in [2.05, 4.69) is 25.7 Å². The van der Waals surface area contributed by atoms with Crippen molar-refractivity contribution in [3.63, 3.8) is 0 Å². The molecule has 0 saturated heterocycles. The Labute approximate surface area is 272 Å². The Morgan fingerprint density at radius 1 is 0.915 bits per heavy atom. The van der Waals surface area contributed by atoms with Crippen LogP contribution in [0.5, 0.6) is 11.5 Å². The maximum atomic E-state index is 13.9. The first-order chi connectivity index (χ1) is 22.3. The number of nitrogens with two attached hydrogens (primary N) is 1. The molecule has 0 heterocycles. The Hall–Kier alpha value is -5.79. The Balaban J connectivity index is 1.92. The Bertz CT molecular complexity index is 1560. The second-order valence-corrected chi connectivity index (χ2v) is 11.2. The first-order valence-electron chi connectivity index (χ1n) is 14.5. The molecule has 14 nitrogen and oxygen atoms in total. The van der Waals surface area contributed by atoms with Crippen molar-refractivity contribution in [1.82, 2.24) is 10.6 Å². The summed E-state index contributed by atoms with van der Waals surface area (Å²) in [5, 5.41) is 15.7. The van der Waals surface area contributed by atoms with E-state index < -0.39 is 48.2 Å². The molecule has 250 valence electrons. The van der Waals surface area contributed by atoms with Gasteiger partial charge in [0.25, 0.3) is 0 Å². The van der Waals surface area contributed by atoms with Gasteiger partial charge in [-0.25, -0.2) is 24.2 Å². The predicted molar refractivity (Wildman–Crippen MR) is 172 cm³/mol. The van der Waals surface area contributed by atoms with Crippen molar-refractivity contribution in [2.45, 2.75) is 52.0 Å². The van der Waals surface area contributed by atoms with Crippen LogP contribution >= 0.6 is 0 Å². The standard InChI is InChI=1S/C33H39N5O9/c1-20(39)46-47-31(41)25(18-36-32(42)45-33(2,3)4)38-30(40)28(37-24-14-11-22(12-15-24)29(34)35)23-13-16-26(27(17-23)43-5)44-19-21-9-7-6-8-10-21/h6-17,25,28,37H,18-19H2,1-5H3,(H3,34,35)(H,36,42)(H,38,40)/t25-,28-/m0/s1. The van der Waals surface area contributed by atoms with E-state index in [1.54, 1.807) is 63.2 Å². The third-order valence-corrected chi connectivity index (χ3v) is 6.22. The molecule has 0 aliphatic carbocycles. The normalized spacial score (nSPS) is 12.0. The molecule has 0 radical (unpaired) electrons. The lowest BCUT2D eigenvalue weighted by atomic mass is 10.0. The summed E-state index contributed by atoms with van der Waals surface area (Å²) in [6.45, 7) is 5.82. The lowest BCUT2D eigenvalue weighted by Gasteiger charge is -2.25. The number of hydrogen-bond donors (Lipinski definition) is 5. The van der Waals surface area contributed by atoms with Crippen molar-refractivity contribution < 1.29 is 43.2 Å². The van der Waals surface area contributed by atoms with Gasteiger partial charge < -0.3 is 35.9 Å². The number of benzene rings is 3. The molecule has 3 aromatic rings. The van der Waals surface area contributed by atoms with Gasteiger partial charge in [-0.3, -0.25) is 10.2 Å². The third kappa shape index (κ3) is 11.6. The summed E-state index contributed by atoms with van der Waals surface area (Å²) in [6.07, 6.45) is -0.854. The number of methoxy groups -OCH3 is 1. The first-order valence-corrected chi connectivity index (χ1v) is 14.5. The lowest BCUT2D eigenvalue weighted by molar-refractivity contribution is -0.258. The van der Waals surface area contributed by atoms with E-state index in [1.165, 1.54) is 7.11 Å². The van der Waals surface area contributed by atoms with Crippen LogP contribution in [0, 0.1) is 5.41 Å². The van der Waals surface area contributed by atoms with Gasteiger partial charge in [-0.15, -0.1) is 0 Å². The molecule has 14 heteroatoms. The van der Waals surface area contributed by atoms with Crippen molar-refractivity contribution in [3.05, 3.63) is 89.5 Å². The van der Waals surface area contributed by atoms with Gasteiger partial charge >= 0.3 is 18.0 Å². The van der Waals surface area contributed by atoms with Crippen molar-refractivity contribution in [2.75, 3.05) is 19.0 Å². The highest BCUT2D eigenvalue weighted by Gasteiger charge is 2.31. The number of carbonyl (C=O) groups is 4. The summed E-state index contributed by atoms with van der Waals surface area (Å²) in [5.74, 6) is -2.16. The largest absolute Gasteiger partial charge is 0.493 e. The SMILES string of the molecule is COc1cc([C@H](Nc2ccc(C(=N)N)cc2)C(=O)N[C@@H](CNC(=O)OC(C)(C)C)C(=O)OOC(C)=O)ccc1OCc1ccccc1. The number of carbonyl (C=O) groups excluding carboxylic acids is 4. The van der Waals surface area contributed by atoms with Gasteiger partial charge in [0, 0.05) is 18.2 Å². The molecule has 0 saturated carbocycles. The highest BCUT2D eigenvalue weighted by Crippen LogP contribution is 2.32. The Morgan fingerprint density at radius 3 is 2.19 bits per heavy atom. The number of nitrogen functional groups attached to an aromatic ring is 1. The molecule has 3 aromatic carbocycles. The summed E-state index contributed by atoms with van der Waals surface area (Å²) in [4.78, 5) is 59.2. The van der Waals surface area contributed by atoms with E-state index in [0.29, 0.717) is 28.3 Å². The predicted octanol–water partition coefficient (Wildman–Crippen LogP) is 3.74. The molecule has 0 aliphatic rings. The van der Waals surface area contributed by atoms with E-state index >= 15 is 0 Å². The smallest absolute Gasteiger partial charge is 0.407 e. The molecule has 0 unspecified atom stereocenters. The van der Waals surface area contributed by atoms with Crippen LogP contribution < -0.4 is 31.2 Å². The topological polar surface area (TPSA) is 200 Å². The fraction of sp³-hybridized carbons (Fsp3) is 0.303. The number of anilines is 1. The third-order valence-electron chi connectivity index (χ3n) is 6.22. The van der Waals surface area contributed by atoms with Gasteiger partial charge in [-0.1, -0.05) is 36.4 Å². The maximum Gasteiger partial charge on any atom is 0.407 e. The van der Waals surface area contributed by atoms with Crippen LogP contribution in [0.3, 0.4) is 0 Å². The van der Waals surface area contributed by atoms with Crippen molar-refractivity contribution >= 4 is 35.5 Å². The van der Waals surface area contributed by atoms with Crippen molar-refractivity contribution in [1.29, 1.82) is 5.41 Å².